The van der Waals surface area contributed by atoms with Gasteiger partial charge < -0.3 is 5.73 Å². The zero-order valence-electron chi connectivity index (χ0n) is 11.0. The lowest BCUT2D eigenvalue weighted by Crippen LogP contribution is -2.11. The van der Waals surface area contributed by atoms with Crippen molar-refractivity contribution in [3.8, 4) is 0 Å². The van der Waals surface area contributed by atoms with Crippen molar-refractivity contribution >= 4 is 0 Å². The highest BCUT2D eigenvalue weighted by atomic mass is 14.6. The molecule has 0 saturated carbocycles. The monoisotopic (exact) mass is 239 g/mol. The highest BCUT2D eigenvalue weighted by molar-refractivity contribution is 5.25. The van der Waals surface area contributed by atoms with Crippen LogP contribution in [0.1, 0.15) is 36.1 Å². The van der Waals surface area contributed by atoms with Crippen LogP contribution in [0.25, 0.3) is 0 Å². The first-order valence-electron chi connectivity index (χ1n) is 6.68. The molecule has 2 aromatic rings. The number of aryl methyl sites for hydroxylation is 2. The van der Waals surface area contributed by atoms with E-state index in [4.69, 9.17) is 5.73 Å². The molecule has 0 aliphatic rings. The van der Waals surface area contributed by atoms with E-state index in [2.05, 4.69) is 55.5 Å². The van der Waals surface area contributed by atoms with Crippen LogP contribution < -0.4 is 5.73 Å². The predicted octanol–water partition coefficient (Wildman–Crippen LogP) is 3.88. The second kappa shape index (κ2) is 6.36. The van der Waals surface area contributed by atoms with Crippen LogP contribution in [0.3, 0.4) is 0 Å². The molecule has 0 aliphatic heterocycles. The maximum absolute atomic E-state index is 6.23. The third-order valence-corrected chi connectivity index (χ3v) is 3.40. The molecule has 18 heavy (non-hydrogen) atoms. The standard InChI is InChI=1S/C17H21N/c1-2-14-8-11-16(12-9-14)17(18)13-10-15-6-4-3-5-7-15/h3-9,11-12,17H,2,10,13,18H2,1H3. The van der Waals surface area contributed by atoms with Crippen molar-refractivity contribution in [3.63, 3.8) is 0 Å². The number of nitrogens with two attached hydrogens (primary N) is 1. The number of hydrogen-bond acceptors (Lipinski definition) is 1. The Bertz CT molecular complexity index is 459. The van der Waals surface area contributed by atoms with Crippen LogP contribution in [0.4, 0.5) is 0 Å². The lowest BCUT2D eigenvalue weighted by molar-refractivity contribution is 0.651. The van der Waals surface area contributed by atoms with E-state index in [0.717, 1.165) is 19.3 Å². The van der Waals surface area contributed by atoms with Crippen LogP contribution in [0.5, 0.6) is 0 Å². The van der Waals surface area contributed by atoms with Crippen molar-refractivity contribution in [2.75, 3.05) is 0 Å². The summed E-state index contributed by atoms with van der Waals surface area (Å²) in [5.41, 5.74) is 10.2. The Labute approximate surface area is 110 Å². The zero-order valence-corrected chi connectivity index (χ0v) is 11.0. The summed E-state index contributed by atoms with van der Waals surface area (Å²) >= 11 is 0. The first-order chi connectivity index (χ1) is 8.79. The molecule has 2 aromatic carbocycles. The van der Waals surface area contributed by atoms with Crippen LogP contribution in [0.2, 0.25) is 0 Å². The minimum Gasteiger partial charge on any atom is -0.324 e. The average molecular weight is 239 g/mol. The highest BCUT2D eigenvalue weighted by Gasteiger charge is 2.05. The van der Waals surface area contributed by atoms with E-state index in [9.17, 15) is 0 Å². The first-order valence-corrected chi connectivity index (χ1v) is 6.68. The van der Waals surface area contributed by atoms with Crippen LogP contribution in [-0.4, -0.2) is 0 Å². The summed E-state index contributed by atoms with van der Waals surface area (Å²) in [6.07, 6.45) is 3.12. The Balaban J connectivity index is 1.93. The molecule has 0 spiro atoms. The van der Waals surface area contributed by atoms with E-state index in [1.165, 1.54) is 16.7 Å². The van der Waals surface area contributed by atoms with Gasteiger partial charge in [0.25, 0.3) is 0 Å². The number of hydrogen-bond donors (Lipinski definition) is 1. The fraction of sp³-hybridized carbons (Fsp3) is 0.294. The average Bonchev–Trinajstić information content (AvgIpc) is 2.46. The van der Waals surface area contributed by atoms with Gasteiger partial charge in [-0.25, -0.2) is 0 Å². The predicted molar refractivity (Wildman–Crippen MR) is 77.5 cm³/mol. The fourth-order valence-corrected chi connectivity index (χ4v) is 2.13. The molecule has 2 rings (SSSR count). The maximum atomic E-state index is 6.23. The fourth-order valence-electron chi connectivity index (χ4n) is 2.13. The summed E-state index contributed by atoms with van der Waals surface area (Å²) in [4.78, 5) is 0. The van der Waals surface area contributed by atoms with E-state index in [-0.39, 0.29) is 6.04 Å². The Hall–Kier alpha value is -1.60. The van der Waals surface area contributed by atoms with E-state index in [1.54, 1.807) is 0 Å². The summed E-state index contributed by atoms with van der Waals surface area (Å²) in [6, 6.07) is 19.3. The molecule has 1 heteroatoms. The third kappa shape index (κ3) is 3.44. The SMILES string of the molecule is CCc1ccc(C(N)CCc2ccccc2)cc1. The molecule has 2 N–H and O–H groups in total. The zero-order chi connectivity index (χ0) is 12.8. The van der Waals surface area contributed by atoms with E-state index in [0.29, 0.717) is 0 Å². The van der Waals surface area contributed by atoms with Crippen molar-refractivity contribution in [2.24, 2.45) is 5.73 Å². The second-order valence-corrected chi connectivity index (χ2v) is 4.73. The number of rotatable bonds is 5. The molecular weight excluding hydrogens is 218 g/mol. The maximum Gasteiger partial charge on any atom is 0.0298 e. The molecule has 0 bridgehead atoms. The largest absolute Gasteiger partial charge is 0.324 e. The topological polar surface area (TPSA) is 26.0 Å². The van der Waals surface area contributed by atoms with E-state index >= 15 is 0 Å². The van der Waals surface area contributed by atoms with Gasteiger partial charge in [0.15, 0.2) is 0 Å². The van der Waals surface area contributed by atoms with Crippen LogP contribution in [-0.2, 0) is 12.8 Å². The normalized spacial score (nSPS) is 12.3. The van der Waals surface area contributed by atoms with Crippen molar-refractivity contribution in [1.29, 1.82) is 0 Å². The summed E-state index contributed by atoms with van der Waals surface area (Å²) in [5.74, 6) is 0. The smallest absolute Gasteiger partial charge is 0.0298 e. The Morgan fingerprint density at radius 3 is 2.17 bits per heavy atom. The minimum atomic E-state index is 0.135. The van der Waals surface area contributed by atoms with Gasteiger partial charge in [-0.2, -0.15) is 0 Å². The molecule has 0 aliphatic carbocycles. The van der Waals surface area contributed by atoms with Crippen LogP contribution in [0, 0.1) is 0 Å². The first kappa shape index (κ1) is 12.8. The van der Waals surface area contributed by atoms with Gasteiger partial charge in [0.1, 0.15) is 0 Å². The van der Waals surface area contributed by atoms with Crippen molar-refractivity contribution in [2.45, 2.75) is 32.2 Å². The quantitative estimate of drug-likeness (QED) is 0.842. The second-order valence-electron chi connectivity index (χ2n) is 4.73. The van der Waals surface area contributed by atoms with Crippen molar-refractivity contribution in [3.05, 3.63) is 71.3 Å². The summed E-state index contributed by atoms with van der Waals surface area (Å²) in [5, 5.41) is 0. The van der Waals surface area contributed by atoms with Crippen molar-refractivity contribution < 1.29 is 0 Å². The van der Waals surface area contributed by atoms with E-state index in [1.807, 2.05) is 6.07 Å². The molecule has 0 fully saturated rings. The van der Waals surface area contributed by atoms with E-state index < -0.39 is 0 Å². The Morgan fingerprint density at radius 2 is 1.56 bits per heavy atom. The molecular formula is C17H21N. The molecule has 0 heterocycles. The van der Waals surface area contributed by atoms with Gasteiger partial charge in [0.2, 0.25) is 0 Å². The third-order valence-electron chi connectivity index (χ3n) is 3.40. The summed E-state index contributed by atoms with van der Waals surface area (Å²) in [6.45, 7) is 2.17. The van der Waals surface area contributed by atoms with Crippen LogP contribution >= 0.6 is 0 Å². The van der Waals surface area contributed by atoms with Gasteiger partial charge in [-0.1, -0.05) is 61.5 Å². The van der Waals surface area contributed by atoms with Crippen molar-refractivity contribution in [1.82, 2.24) is 0 Å². The Kier molecular flexibility index (Phi) is 4.54. The lowest BCUT2D eigenvalue weighted by Gasteiger charge is -2.12. The number of benzene rings is 2. The Morgan fingerprint density at radius 1 is 0.889 bits per heavy atom. The summed E-state index contributed by atoms with van der Waals surface area (Å²) < 4.78 is 0. The molecule has 1 atom stereocenters. The molecule has 1 unspecified atom stereocenters. The van der Waals surface area contributed by atoms with Gasteiger partial charge >= 0.3 is 0 Å². The molecule has 0 aromatic heterocycles. The van der Waals surface area contributed by atoms with Gasteiger partial charge in [-0.15, -0.1) is 0 Å². The lowest BCUT2D eigenvalue weighted by atomic mass is 9.98. The molecule has 0 saturated heterocycles. The molecule has 94 valence electrons. The van der Waals surface area contributed by atoms with Gasteiger partial charge in [-0.3, -0.25) is 0 Å². The minimum absolute atomic E-state index is 0.135. The molecule has 0 radical (unpaired) electrons. The van der Waals surface area contributed by atoms with Gasteiger partial charge in [0, 0.05) is 6.04 Å². The summed E-state index contributed by atoms with van der Waals surface area (Å²) in [7, 11) is 0. The highest BCUT2D eigenvalue weighted by Crippen LogP contribution is 2.17. The van der Waals surface area contributed by atoms with Gasteiger partial charge in [-0.05, 0) is 36.0 Å². The van der Waals surface area contributed by atoms with Crippen LogP contribution in [0.15, 0.2) is 54.6 Å². The molecule has 0 amide bonds. The van der Waals surface area contributed by atoms with Gasteiger partial charge in [0.05, 0.1) is 0 Å². The molecule has 1 nitrogen and oxygen atoms in total.